The number of para-hydroxylation sites is 1. The van der Waals surface area contributed by atoms with Gasteiger partial charge in [-0.05, 0) is 36.8 Å². The molecule has 0 heterocycles. The molecule has 0 amide bonds. The molecule has 82 valence electrons. The first kappa shape index (κ1) is 10.6. The third kappa shape index (κ3) is 2.19. The molecule has 0 bridgehead atoms. The lowest BCUT2D eigenvalue weighted by Crippen LogP contribution is -1.91. The Morgan fingerprint density at radius 2 is 1.56 bits per heavy atom. The molecule has 0 unspecified atom stereocenters. The summed E-state index contributed by atoms with van der Waals surface area (Å²) in [6, 6.07) is 10.4. The summed E-state index contributed by atoms with van der Waals surface area (Å²) in [7, 11) is 0. The quantitative estimate of drug-likeness (QED) is 0.741. The minimum atomic E-state index is -0.511. The molecule has 16 heavy (non-hydrogen) atoms. The Morgan fingerprint density at radius 3 is 2.31 bits per heavy atom. The first-order valence-corrected chi connectivity index (χ1v) is 4.85. The van der Waals surface area contributed by atoms with Gasteiger partial charge < -0.3 is 4.74 Å². The first-order valence-electron chi connectivity index (χ1n) is 4.85. The van der Waals surface area contributed by atoms with E-state index in [0.717, 1.165) is 5.56 Å². The zero-order valence-corrected chi connectivity index (χ0v) is 8.71. The van der Waals surface area contributed by atoms with Gasteiger partial charge in [-0.2, -0.15) is 0 Å². The molecule has 0 N–H and O–H groups in total. The van der Waals surface area contributed by atoms with Crippen LogP contribution in [0.15, 0.2) is 42.5 Å². The van der Waals surface area contributed by atoms with Crippen LogP contribution in [0, 0.1) is 18.6 Å². The van der Waals surface area contributed by atoms with E-state index >= 15 is 0 Å². The molecule has 0 radical (unpaired) electrons. The molecule has 0 aliphatic carbocycles. The van der Waals surface area contributed by atoms with Crippen LogP contribution in [0.5, 0.6) is 11.5 Å². The van der Waals surface area contributed by atoms with Gasteiger partial charge in [0.05, 0.1) is 0 Å². The molecule has 0 saturated heterocycles. The van der Waals surface area contributed by atoms with Gasteiger partial charge in [0, 0.05) is 0 Å². The monoisotopic (exact) mass is 220 g/mol. The second-order valence-corrected chi connectivity index (χ2v) is 3.47. The fraction of sp³-hybridized carbons (Fsp3) is 0.0769. The maximum absolute atomic E-state index is 13.3. The summed E-state index contributed by atoms with van der Waals surface area (Å²) >= 11 is 0. The van der Waals surface area contributed by atoms with Crippen molar-refractivity contribution in [1.82, 2.24) is 0 Å². The SMILES string of the molecule is Cc1ccc(F)c(Oc2ccccc2F)c1. The highest BCUT2D eigenvalue weighted by Gasteiger charge is 2.07. The molecule has 2 rings (SSSR count). The Morgan fingerprint density at radius 1 is 0.875 bits per heavy atom. The number of ether oxygens (including phenoxy) is 1. The lowest BCUT2D eigenvalue weighted by atomic mass is 10.2. The van der Waals surface area contributed by atoms with Crippen molar-refractivity contribution in [3.63, 3.8) is 0 Å². The van der Waals surface area contributed by atoms with Crippen molar-refractivity contribution < 1.29 is 13.5 Å². The zero-order chi connectivity index (χ0) is 11.5. The van der Waals surface area contributed by atoms with Crippen molar-refractivity contribution >= 4 is 0 Å². The number of hydrogen-bond donors (Lipinski definition) is 0. The maximum Gasteiger partial charge on any atom is 0.165 e. The second-order valence-electron chi connectivity index (χ2n) is 3.47. The topological polar surface area (TPSA) is 9.23 Å². The van der Waals surface area contributed by atoms with E-state index in [-0.39, 0.29) is 11.5 Å². The minimum absolute atomic E-state index is 0.0204. The number of benzene rings is 2. The predicted octanol–water partition coefficient (Wildman–Crippen LogP) is 4.07. The second kappa shape index (κ2) is 4.31. The van der Waals surface area contributed by atoms with Crippen LogP contribution in [0.3, 0.4) is 0 Å². The van der Waals surface area contributed by atoms with E-state index in [9.17, 15) is 8.78 Å². The van der Waals surface area contributed by atoms with E-state index in [1.54, 1.807) is 18.2 Å². The van der Waals surface area contributed by atoms with Crippen molar-refractivity contribution in [1.29, 1.82) is 0 Å². The summed E-state index contributed by atoms with van der Waals surface area (Å²) in [6.07, 6.45) is 0. The third-order valence-electron chi connectivity index (χ3n) is 2.14. The highest BCUT2D eigenvalue weighted by atomic mass is 19.1. The number of halogens is 2. The number of hydrogen-bond acceptors (Lipinski definition) is 1. The highest BCUT2D eigenvalue weighted by molar-refractivity contribution is 5.35. The third-order valence-corrected chi connectivity index (χ3v) is 2.14. The fourth-order valence-corrected chi connectivity index (χ4v) is 1.33. The van der Waals surface area contributed by atoms with Crippen molar-refractivity contribution in [2.45, 2.75) is 6.92 Å². The van der Waals surface area contributed by atoms with Crippen LogP contribution in [0.25, 0.3) is 0 Å². The van der Waals surface area contributed by atoms with Gasteiger partial charge in [0.25, 0.3) is 0 Å². The Kier molecular flexibility index (Phi) is 2.86. The molecular weight excluding hydrogens is 210 g/mol. The Labute approximate surface area is 92.3 Å². The molecule has 2 aromatic rings. The summed E-state index contributed by atoms with van der Waals surface area (Å²) in [6.45, 7) is 1.81. The Hall–Kier alpha value is -1.90. The van der Waals surface area contributed by atoms with E-state index in [2.05, 4.69) is 0 Å². The number of aryl methyl sites for hydroxylation is 1. The largest absolute Gasteiger partial charge is 0.451 e. The smallest absolute Gasteiger partial charge is 0.165 e. The standard InChI is InChI=1S/C13H10F2O/c1-9-6-7-11(15)13(8-9)16-12-5-3-2-4-10(12)14/h2-8H,1H3. The summed E-state index contributed by atoms with van der Waals surface area (Å²) in [5, 5.41) is 0. The normalized spacial score (nSPS) is 10.2. The van der Waals surface area contributed by atoms with E-state index in [0.29, 0.717) is 0 Å². The van der Waals surface area contributed by atoms with Gasteiger partial charge in [-0.3, -0.25) is 0 Å². The first-order chi connectivity index (χ1) is 7.66. The van der Waals surface area contributed by atoms with Gasteiger partial charge in [0.2, 0.25) is 0 Å². The molecule has 0 aliphatic rings. The molecule has 0 fully saturated rings. The maximum atomic E-state index is 13.3. The minimum Gasteiger partial charge on any atom is -0.451 e. The van der Waals surface area contributed by atoms with Gasteiger partial charge >= 0.3 is 0 Å². The fourth-order valence-electron chi connectivity index (χ4n) is 1.33. The van der Waals surface area contributed by atoms with E-state index in [1.807, 2.05) is 6.92 Å². The Balaban J connectivity index is 2.34. The number of rotatable bonds is 2. The molecule has 0 aromatic heterocycles. The van der Waals surface area contributed by atoms with E-state index in [1.165, 1.54) is 24.3 Å². The molecule has 3 heteroatoms. The molecule has 0 aliphatic heterocycles. The van der Waals surface area contributed by atoms with Crippen LogP contribution < -0.4 is 4.74 Å². The van der Waals surface area contributed by atoms with E-state index in [4.69, 9.17) is 4.74 Å². The summed E-state index contributed by atoms with van der Waals surface area (Å²) < 4.78 is 31.8. The van der Waals surface area contributed by atoms with Gasteiger partial charge in [-0.15, -0.1) is 0 Å². The van der Waals surface area contributed by atoms with Crippen LogP contribution in [0.2, 0.25) is 0 Å². The molecule has 0 spiro atoms. The summed E-state index contributed by atoms with van der Waals surface area (Å²) in [5.41, 5.74) is 0.854. The predicted molar refractivity (Wildman–Crippen MR) is 57.6 cm³/mol. The highest BCUT2D eigenvalue weighted by Crippen LogP contribution is 2.27. The lowest BCUT2D eigenvalue weighted by molar-refractivity contribution is 0.414. The van der Waals surface area contributed by atoms with Crippen LogP contribution in [-0.4, -0.2) is 0 Å². The Bertz CT molecular complexity index is 509. The molecule has 2 aromatic carbocycles. The summed E-state index contributed by atoms with van der Waals surface area (Å²) in [5.74, 6) is -0.964. The zero-order valence-electron chi connectivity index (χ0n) is 8.71. The van der Waals surface area contributed by atoms with Crippen LogP contribution in [-0.2, 0) is 0 Å². The lowest BCUT2D eigenvalue weighted by Gasteiger charge is -2.07. The molecule has 1 nitrogen and oxygen atoms in total. The van der Waals surface area contributed by atoms with Crippen LogP contribution in [0.4, 0.5) is 8.78 Å². The van der Waals surface area contributed by atoms with Crippen molar-refractivity contribution in [2.24, 2.45) is 0 Å². The van der Waals surface area contributed by atoms with Crippen molar-refractivity contribution in [3.8, 4) is 11.5 Å². The average molecular weight is 220 g/mol. The summed E-state index contributed by atoms with van der Waals surface area (Å²) in [4.78, 5) is 0. The molecular formula is C13H10F2O. The van der Waals surface area contributed by atoms with Crippen molar-refractivity contribution in [3.05, 3.63) is 59.7 Å². The van der Waals surface area contributed by atoms with Gasteiger partial charge in [-0.25, -0.2) is 8.78 Å². The molecule has 0 saturated carbocycles. The van der Waals surface area contributed by atoms with Gasteiger partial charge in [0.15, 0.2) is 23.1 Å². The molecule has 0 atom stereocenters. The van der Waals surface area contributed by atoms with Crippen LogP contribution in [0.1, 0.15) is 5.56 Å². The van der Waals surface area contributed by atoms with Gasteiger partial charge in [-0.1, -0.05) is 18.2 Å². The van der Waals surface area contributed by atoms with Gasteiger partial charge in [0.1, 0.15) is 0 Å². The van der Waals surface area contributed by atoms with Crippen molar-refractivity contribution in [2.75, 3.05) is 0 Å². The van der Waals surface area contributed by atoms with E-state index < -0.39 is 11.6 Å². The average Bonchev–Trinajstić information content (AvgIpc) is 2.27. The van der Waals surface area contributed by atoms with Crippen LogP contribution >= 0.6 is 0 Å².